The highest BCUT2D eigenvalue weighted by atomic mass is 32.2. The van der Waals surface area contributed by atoms with Crippen LogP contribution in [0.2, 0.25) is 0 Å². The van der Waals surface area contributed by atoms with Gasteiger partial charge in [0.2, 0.25) is 10.0 Å². The molecule has 0 spiro atoms. The van der Waals surface area contributed by atoms with Crippen molar-refractivity contribution in [3.05, 3.63) is 109 Å². The fourth-order valence-electron chi connectivity index (χ4n) is 4.96. The van der Waals surface area contributed by atoms with Crippen molar-refractivity contribution in [3.63, 3.8) is 0 Å². The highest BCUT2D eigenvalue weighted by Crippen LogP contribution is 2.41. The maximum absolute atomic E-state index is 15.2. The fraction of sp³-hybridized carbons (Fsp3) is 0.0312. The van der Waals surface area contributed by atoms with E-state index in [1.807, 2.05) is 0 Å². The van der Waals surface area contributed by atoms with Crippen molar-refractivity contribution < 1.29 is 34.9 Å². The number of nitrogens with two attached hydrogens (primary N) is 1. The standard InChI is InChI=1S/C32H24FN3O7S2/c1-44(37,38)36-27-7-3-4-8-28(27)42-21-12-15-26(25(33)18-21)35-20-11-14-23-30(17-20)43-29-16-19(34)10-13-22(29)32(23)24-6-2-5-9-31(24)45(39,40)41/h2-18,35-36H,34H2,1H3/p+1. The van der Waals surface area contributed by atoms with Crippen LogP contribution < -0.4 is 20.5 Å². The molecule has 0 aliphatic rings. The van der Waals surface area contributed by atoms with E-state index >= 15 is 4.39 Å². The first-order valence-electron chi connectivity index (χ1n) is 13.3. The van der Waals surface area contributed by atoms with Crippen LogP contribution in [0, 0.1) is 5.82 Å². The third-order valence-electron chi connectivity index (χ3n) is 6.81. The van der Waals surface area contributed by atoms with E-state index in [0.29, 0.717) is 38.9 Å². The molecule has 6 rings (SSSR count). The molecule has 0 aliphatic heterocycles. The summed E-state index contributed by atoms with van der Waals surface area (Å²) in [5.74, 6) is -0.314. The van der Waals surface area contributed by atoms with E-state index in [1.165, 1.54) is 30.3 Å². The minimum absolute atomic E-state index is 0.117. The molecule has 5 aromatic carbocycles. The van der Waals surface area contributed by atoms with Gasteiger partial charge in [-0.2, -0.15) is 8.42 Å². The zero-order valence-electron chi connectivity index (χ0n) is 23.5. The zero-order valence-corrected chi connectivity index (χ0v) is 25.1. The van der Waals surface area contributed by atoms with Crippen molar-refractivity contribution in [1.29, 1.82) is 0 Å². The summed E-state index contributed by atoms with van der Waals surface area (Å²) in [6.07, 6.45) is 1.02. The maximum atomic E-state index is 15.2. The molecular formula is C32H25FN3O7S2+. The van der Waals surface area contributed by atoms with E-state index < -0.39 is 26.0 Å². The van der Waals surface area contributed by atoms with E-state index in [2.05, 4.69) is 10.0 Å². The normalized spacial score (nSPS) is 11.9. The molecule has 1 aromatic heterocycles. The molecule has 228 valence electrons. The minimum Gasteiger partial charge on any atom is -0.455 e. The number of nitrogens with one attached hydrogen (secondary N) is 2. The lowest BCUT2D eigenvalue weighted by atomic mass is 9.96. The Morgan fingerprint density at radius 2 is 1.49 bits per heavy atom. The summed E-state index contributed by atoms with van der Waals surface area (Å²) in [6, 6.07) is 26.6. The van der Waals surface area contributed by atoms with Crippen molar-refractivity contribution in [1.82, 2.24) is 0 Å². The molecule has 0 amide bonds. The second-order valence-electron chi connectivity index (χ2n) is 10.2. The Morgan fingerprint density at radius 1 is 0.800 bits per heavy atom. The molecule has 0 saturated heterocycles. The van der Waals surface area contributed by atoms with Gasteiger partial charge < -0.3 is 15.8 Å². The van der Waals surface area contributed by atoms with Gasteiger partial charge in [-0.25, -0.2) is 17.2 Å². The number of sulfonamides is 1. The average molecular weight is 647 g/mol. The van der Waals surface area contributed by atoms with Gasteiger partial charge >= 0.3 is 11.2 Å². The number of fused-ring (bicyclic) bond motifs is 2. The van der Waals surface area contributed by atoms with E-state index in [1.54, 1.807) is 66.7 Å². The number of halogens is 1. The van der Waals surface area contributed by atoms with Gasteiger partial charge in [0.15, 0.2) is 5.75 Å². The molecule has 0 unspecified atom stereocenters. The van der Waals surface area contributed by atoms with Crippen LogP contribution in [0.4, 0.5) is 27.1 Å². The number of anilines is 4. The van der Waals surface area contributed by atoms with Crippen LogP contribution in [0.15, 0.2) is 112 Å². The van der Waals surface area contributed by atoms with Crippen LogP contribution in [-0.4, -0.2) is 27.6 Å². The Bertz CT molecular complexity index is 2350. The lowest BCUT2D eigenvalue weighted by Gasteiger charge is -2.13. The smallest absolute Gasteiger partial charge is 0.363 e. The molecule has 0 atom stereocenters. The molecule has 0 fully saturated rings. The molecule has 45 heavy (non-hydrogen) atoms. The summed E-state index contributed by atoms with van der Waals surface area (Å²) in [5.41, 5.74) is 8.70. The quantitative estimate of drug-likeness (QED) is 0.0572. The van der Waals surface area contributed by atoms with Crippen molar-refractivity contribution in [2.75, 3.05) is 22.0 Å². The maximum Gasteiger partial charge on any atom is 0.363 e. The van der Waals surface area contributed by atoms with Gasteiger partial charge in [-0.1, -0.05) is 30.3 Å². The molecule has 0 bridgehead atoms. The summed E-state index contributed by atoms with van der Waals surface area (Å²) < 4.78 is 87.4. The van der Waals surface area contributed by atoms with Crippen molar-refractivity contribution >= 4 is 64.8 Å². The third-order valence-corrected chi connectivity index (χ3v) is 8.31. The van der Waals surface area contributed by atoms with Crippen molar-refractivity contribution in [2.45, 2.75) is 4.90 Å². The first-order valence-corrected chi connectivity index (χ1v) is 16.7. The van der Waals surface area contributed by atoms with Crippen molar-refractivity contribution in [3.8, 4) is 22.6 Å². The van der Waals surface area contributed by atoms with E-state index in [-0.39, 0.29) is 33.3 Å². The third kappa shape index (κ3) is 6.36. The predicted molar refractivity (Wildman–Crippen MR) is 172 cm³/mol. The lowest BCUT2D eigenvalue weighted by Crippen LogP contribution is -2.10. The van der Waals surface area contributed by atoms with E-state index in [9.17, 15) is 21.4 Å². The topological polar surface area (TPSA) is 159 Å². The summed E-state index contributed by atoms with van der Waals surface area (Å²) in [6.45, 7) is 0. The number of ether oxygens (including phenoxy) is 1. The molecule has 0 saturated carbocycles. The second-order valence-corrected chi connectivity index (χ2v) is 13.3. The van der Waals surface area contributed by atoms with E-state index in [0.717, 1.165) is 12.3 Å². The minimum atomic E-state index is -4.56. The molecule has 13 heteroatoms. The Kier molecular flexibility index (Phi) is 7.52. The lowest BCUT2D eigenvalue weighted by molar-refractivity contribution is 0.479. The Labute approximate surface area is 257 Å². The van der Waals surface area contributed by atoms with E-state index in [4.69, 9.17) is 14.9 Å². The number of para-hydroxylation sites is 2. The molecule has 5 N–H and O–H groups in total. The van der Waals surface area contributed by atoms with Gasteiger partial charge in [-0.05, 0) is 54.6 Å². The molecule has 1 heterocycles. The van der Waals surface area contributed by atoms with Crippen LogP contribution >= 0.6 is 0 Å². The van der Waals surface area contributed by atoms with Gasteiger partial charge in [-0.15, -0.1) is 0 Å². The molecule has 0 aliphatic carbocycles. The second kappa shape index (κ2) is 11.4. The Morgan fingerprint density at radius 3 is 2.22 bits per heavy atom. The molecule has 0 radical (unpaired) electrons. The highest BCUT2D eigenvalue weighted by Gasteiger charge is 2.25. The molecular weight excluding hydrogens is 621 g/mol. The number of rotatable bonds is 8. The van der Waals surface area contributed by atoms with Gasteiger partial charge in [0.1, 0.15) is 16.5 Å². The van der Waals surface area contributed by atoms with Gasteiger partial charge in [0, 0.05) is 28.6 Å². The fourth-order valence-corrected chi connectivity index (χ4v) is 6.22. The molecule has 6 aromatic rings. The Balaban J connectivity index is 1.38. The predicted octanol–water partition coefficient (Wildman–Crippen LogP) is 7.41. The first kappa shape index (κ1) is 29.8. The van der Waals surface area contributed by atoms with Crippen LogP contribution in [0.5, 0.6) is 11.5 Å². The number of hydrogen-bond acceptors (Lipinski definition) is 7. The van der Waals surface area contributed by atoms with Crippen LogP contribution in [0.1, 0.15) is 0 Å². The largest absolute Gasteiger partial charge is 0.455 e. The zero-order chi connectivity index (χ0) is 31.9. The van der Waals surface area contributed by atoms with Crippen molar-refractivity contribution in [2.24, 2.45) is 0 Å². The van der Waals surface area contributed by atoms with Gasteiger partial charge in [0.05, 0.1) is 40.5 Å². The van der Waals surface area contributed by atoms with Gasteiger partial charge in [-0.3, -0.25) is 9.27 Å². The summed E-state index contributed by atoms with van der Waals surface area (Å²) in [5, 5.41) is 4.12. The van der Waals surface area contributed by atoms with Gasteiger partial charge in [0.25, 0.3) is 10.1 Å². The number of hydrogen-bond donors (Lipinski definition) is 4. The van der Waals surface area contributed by atoms with Crippen LogP contribution in [0.25, 0.3) is 33.1 Å². The first-order chi connectivity index (χ1) is 21.4. The Hall–Kier alpha value is -5.24. The number of nitrogen functional groups attached to an aromatic ring is 1. The van der Waals surface area contributed by atoms with Crippen LogP contribution in [-0.2, 0) is 20.1 Å². The average Bonchev–Trinajstić information content (AvgIpc) is 2.97. The SMILES string of the molecule is CS(=O)(=O)Nc1ccccc1Oc1ccc(Nc2ccc3c(-c4ccccc4S(=O)(=O)O)c4ccc(N)cc4[o+]c3c2)c(F)c1. The summed E-state index contributed by atoms with van der Waals surface area (Å²) in [4.78, 5) is -0.267. The summed E-state index contributed by atoms with van der Waals surface area (Å²) >= 11 is 0. The van der Waals surface area contributed by atoms with Crippen LogP contribution in [0.3, 0.4) is 0 Å². The highest BCUT2D eigenvalue weighted by molar-refractivity contribution is 7.92. The number of benzene rings is 5. The monoisotopic (exact) mass is 646 g/mol. The molecule has 10 nitrogen and oxygen atoms in total. The summed E-state index contributed by atoms with van der Waals surface area (Å²) in [7, 11) is -8.13.